The van der Waals surface area contributed by atoms with Crippen LogP contribution in [0.4, 0.5) is 4.39 Å². The largest absolute Gasteiger partial charge is 0.354 e. The van der Waals surface area contributed by atoms with Gasteiger partial charge in [0.1, 0.15) is 5.82 Å². The first-order chi connectivity index (χ1) is 13.9. The molecule has 154 valence electrons. The number of carbonyl (C=O) groups excluding carboxylic acids is 1. The van der Waals surface area contributed by atoms with Crippen molar-refractivity contribution in [1.82, 2.24) is 10.2 Å². The third kappa shape index (κ3) is 4.37. The highest BCUT2D eigenvalue weighted by atomic mass is 19.1. The molecule has 29 heavy (non-hydrogen) atoms. The van der Waals surface area contributed by atoms with Crippen LogP contribution in [0.5, 0.6) is 0 Å². The minimum Gasteiger partial charge on any atom is -0.354 e. The van der Waals surface area contributed by atoms with Gasteiger partial charge >= 0.3 is 0 Å². The van der Waals surface area contributed by atoms with E-state index in [4.69, 9.17) is 0 Å². The Morgan fingerprint density at radius 1 is 1.14 bits per heavy atom. The molecule has 1 amide bonds. The average Bonchev–Trinajstić information content (AvgIpc) is 2.98. The Labute approximate surface area is 173 Å². The first-order valence-electron chi connectivity index (χ1n) is 10.8. The summed E-state index contributed by atoms with van der Waals surface area (Å²) in [5.74, 6) is 0.292. The van der Waals surface area contributed by atoms with Gasteiger partial charge in [-0.05, 0) is 86.4 Å². The van der Waals surface area contributed by atoms with E-state index in [1.165, 1.54) is 11.1 Å². The normalized spacial score (nSPS) is 20.8. The lowest BCUT2D eigenvalue weighted by Gasteiger charge is -2.40. The SMILES string of the molecule is CC(C)NC(=O)C[C@H]1CC2(CCN(Cc3ccc(F)cc3)CC2)c2ccccc21. The van der Waals surface area contributed by atoms with Gasteiger partial charge in [0.25, 0.3) is 0 Å². The number of likely N-dealkylation sites (tertiary alicyclic amines) is 1. The molecule has 1 aliphatic heterocycles. The molecule has 0 unspecified atom stereocenters. The Balaban J connectivity index is 1.44. The van der Waals surface area contributed by atoms with E-state index in [1.807, 2.05) is 26.0 Å². The van der Waals surface area contributed by atoms with Gasteiger partial charge in [0, 0.05) is 19.0 Å². The summed E-state index contributed by atoms with van der Waals surface area (Å²) in [4.78, 5) is 14.9. The van der Waals surface area contributed by atoms with E-state index < -0.39 is 0 Å². The number of hydrogen-bond donors (Lipinski definition) is 1. The van der Waals surface area contributed by atoms with E-state index in [2.05, 4.69) is 34.5 Å². The Morgan fingerprint density at radius 2 is 1.83 bits per heavy atom. The Kier molecular flexibility index (Phi) is 5.73. The highest BCUT2D eigenvalue weighted by Gasteiger charge is 2.45. The van der Waals surface area contributed by atoms with Crippen LogP contribution in [-0.4, -0.2) is 29.9 Å². The summed E-state index contributed by atoms with van der Waals surface area (Å²) < 4.78 is 13.2. The number of hydrogen-bond acceptors (Lipinski definition) is 2. The van der Waals surface area contributed by atoms with Crippen LogP contribution in [0.15, 0.2) is 48.5 Å². The molecular weight excluding hydrogens is 363 g/mol. The minimum atomic E-state index is -0.179. The monoisotopic (exact) mass is 394 g/mol. The van der Waals surface area contributed by atoms with E-state index in [0.717, 1.165) is 44.5 Å². The molecule has 1 saturated heterocycles. The summed E-state index contributed by atoms with van der Waals surface area (Å²) in [6.07, 6.45) is 3.89. The van der Waals surface area contributed by atoms with Crippen molar-refractivity contribution in [3.8, 4) is 0 Å². The zero-order valence-electron chi connectivity index (χ0n) is 17.5. The second-order valence-electron chi connectivity index (χ2n) is 9.10. The summed E-state index contributed by atoms with van der Waals surface area (Å²) in [5, 5.41) is 3.06. The number of piperidine rings is 1. The van der Waals surface area contributed by atoms with Crippen molar-refractivity contribution in [2.75, 3.05) is 13.1 Å². The van der Waals surface area contributed by atoms with Gasteiger partial charge < -0.3 is 5.32 Å². The molecule has 2 aromatic carbocycles. The summed E-state index contributed by atoms with van der Waals surface area (Å²) in [7, 11) is 0. The van der Waals surface area contributed by atoms with Gasteiger partial charge in [0.05, 0.1) is 0 Å². The molecule has 1 fully saturated rings. The molecule has 1 heterocycles. The predicted molar refractivity (Wildman–Crippen MR) is 114 cm³/mol. The smallest absolute Gasteiger partial charge is 0.220 e. The van der Waals surface area contributed by atoms with Crippen LogP contribution < -0.4 is 5.32 Å². The van der Waals surface area contributed by atoms with E-state index in [9.17, 15) is 9.18 Å². The third-order valence-corrected chi connectivity index (χ3v) is 6.62. The molecule has 1 N–H and O–H groups in total. The molecule has 0 aromatic heterocycles. The molecule has 3 nitrogen and oxygen atoms in total. The lowest BCUT2D eigenvalue weighted by atomic mass is 9.73. The molecule has 0 radical (unpaired) electrons. The number of rotatable bonds is 5. The number of nitrogens with one attached hydrogen (secondary N) is 1. The molecule has 4 rings (SSSR count). The van der Waals surface area contributed by atoms with Crippen LogP contribution in [0.2, 0.25) is 0 Å². The van der Waals surface area contributed by atoms with Crippen molar-refractivity contribution in [1.29, 1.82) is 0 Å². The fraction of sp³-hybridized carbons (Fsp3) is 0.480. The van der Waals surface area contributed by atoms with E-state index >= 15 is 0 Å². The number of amides is 1. The summed E-state index contributed by atoms with van der Waals surface area (Å²) in [5.41, 5.74) is 4.19. The number of nitrogens with zero attached hydrogens (tertiary/aromatic N) is 1. The van der Waals surface area contributed by atoms with Crippen LogP contribution in [0.25, 0.3) is 0 Å². The van der Waals surface area contributed by atoms with Crippen LogP contribution in [0.3, 0.4) is 0 Å². The van der Waals surface area contributed by atoms with Crippen molar-refractivity contribution >= 4 is 5.91 Å². The maximum atomic E-state index is 13.2. The molecule has 0 bridgehead atoms. The number of carbonyl (C=O) groups is 1. The maximum absolute atomic E-state index is 13.2. The minimum absolute atomic E-state index is 0.158. The van der Waals surface area contributed by atoms with Crippen molar-refractivity contribution < 1.29 is 9.18 Å². The van der Waals surface area contributed by atoms with Crippen LogP contribution in [0, 0.1) is 5.82 Å². The quantitative estimate of drug-likeness (QED) is 0.793. The molecular formula is C25H31FN2O. The van der Waals surface area contributed by atoms with Crippen LogP contribution in [-0.2, 0) is 16.8 Å². The van der Waals surface area contributed by atoms with Gasteiger partial charge in [-0.25, -0.2) is 4.39 Å². The summed E-state index contributed by atoms with van der Waals surface area (Å²) in [6, 6.07) is 15.8. The summed E-state index contributed by atoms with van der Waals surface area (Å²) in [6.45, 7) is 6.98. The fourth-order valence-corrected chi connectivity index (χ4v) is 5.28. The van der Waals surface area contributed by atoms with Crippen molar-refractivity contribution in [2.45, 2.75) is 63.5 Å². The number of fused-ring (bicyclic) bond motifs is 2. The van der Waals surface area contributed by atoms with Crippen LogP contribution in [0.1, 0.15) is 62.1 Å². The van der Waals surface area contributed by atoms with Gasteiger partial charge in [-0.1, -0.05) is 36.4 Å². The second-order valence-corrected chi connectivity index (χ2v) is 9.10. The zero-order chi connectivity index (χ0) is 20.4. The fourth-order valence-electron chi connectivity index (χ4n) is 5.28. The highest BCUT2D eigenvalue weighted by Crippen LogP contribution is 2.52. The van der Waals surface area contributed by atoms with Crippen molar-refractivity contribution in [3.05, 3.63) is 71.0 Å². The molecule has 1 aliphatic carbocycles. The molecule has 2 aromatic rings. The zero-order valence-corrected chi connectivity index (χ0v) is 17.5. The highest BCUT2D eigenvalue weighted by molar-refractivity contribution is 5.77. The summed E-state index contributed by atoms with van der Waals surface area (Å²) >= 11 is 0. The van der Waals surface area contributed by atoms with Gasteiger partial charge in [0.2, 0.25) is 5.91 Å². The molecule has 1 spiro atoms. The Bertz CT molecular complexity index is 853. The Morgan fingerprint density at radius 3 is 2.52 bits per heavy atom. The van der Waals surface area contributed by atoms with Gasteiger partial charge in [-0.2, -0.15) is 0 Å². The topological polar surface area (TPSA) is 32.3 Å². The van der Waals surface area contributed by atoms with Gasteiger partial charge in [-0.3, -0.25) is 9.69 Å². The van der Waals surface area contributed by atoms with Crippen LogP contribution >= 0.6 is 0 Å². The van der Waals surface area contributed by atoms with Gasteiger partial charge in [-0.15, -0.1) is 0 Å². The van der Waals surface area contributed by atoms with Gasteiger partial charge in [0.15, 0.2) is 0 Å². The molecule has 0 saturated carbocycles. The van der Waals surface area contributed by atoms with Crippen molar-refractivity contribution in [3.63, 3.8) is 0 Å². The number of benzene rings is 2. The lowest BCUT2D eigenvalue weighted by Crippen LogP contribution is -2.41. The standard InChI is InChI=1S/C25H31FN2O/c1-18(2)27-24(29)15-20-16-25(23-6-4-3-5-22(20)23)11-13-28(14-12-25)17-19-7-9-21(26)10-8-19/h3-10,18,20H,11-17H2,1-2H3,(H,27,29)/t20-/m0/s1. The van der Waals surface area contributed by atoms with E-state index in [1.54, 1.807) is 12.1 Å². The first kappa shape index (κ1) is 20.1. The maximum Gasteiger partial charge on any atom is 0.220 e. The second kappa shape index (κ2) is 8.27. The van der Waals surface area contributed by atoms with E-state index in [-0.39, 0.29) is 23.2 Å². The van der Waals surface area contributed by atoms with E-state index in [0.29, 0.717) is 12.3 Å². The Hall–Kier alpha value is -2.20. The molecule has 4 heteroatoms. The molecule has 2 aliphatic rings. The molecule has 1 atom stereocenters. The first-order valence-corrected chi connectivity index (χ1v) is 10.8. The van der Waals surface area contributed by atoms with Crippen molar-refractivity contribution in [2.24, 2.45) is 0 Å². The lowest BCUT2D eigenvalue weighted by molar-refractivity contribution is -0.122. The third-order valence-electron chi connectivity index (χ3n) is 6.62. The predicted octanol–water partition coefficient (Wildman–Crippen LogP) is 4.76. The number of halogens is 1. The average molecular weight is 395 g/mol.